The first-order chi connectivity index (χ1) is 9.28. The van der Waals surface area contributed by atoms with Gasteiger partial charge in [-0.15, -0.1) is 0 Å². The highest BCUT2D eigenvalue weighted by Gasteiger charge is 2.27. The Kier molecular flexibility index (Phi) is 4.04. The van der Waals surface area contributed by atoms with E-state index < -0.39 is 11.7 Å². The van der Waals surface area contributed by atoms with Crippen LogP contribution in [-0.4, -0.2) is 23.3 Å². The van der Waals surface area contributed by atoms with E-state index in [0.29, 0.717) is 6.54 Å². The monoisotopic (exact) mass is 277 g/mol. The van der Waals surface area contributed by atoms with Crippen LogP contribution in [0.3, 0.4) is 0 Å². The molecule has 0 spiro atoms. The maximum absolute atomic E-state index is 12.3. The number of hydrogen-bond donors (Lipinski definition) is 1. The van der Waals surface area contributed by atoms with Gasteiger partial charge in [-0.1, -0.05) is 12.1 Å². The Morgan fingerprint density at radius 2 is 2.10 bits per heavy atom. The van der Waals surface area contributed by atoms with E-state index in [-0.39, 0.29) is 6.09 Å². The molecule has 4 heteroatoms. The van der Waals surface area contributed by atoms with Crippen molar-refractivity contribution < 1.29 is 14.6 Å². The van der Waals surface area contributed by atoms with Crippen molar-refractivity contribution in [3.05, 3.63) is 29.3 Å². The molecule has 0 aliphatic carbocycles. The van der Waals surface area contributed by atoms with Gasteiger partial charge in [0.05, 0.1) is 11.8 Å². The number of carbonyl (C=O) groups is 1. The number of rotatable bonds is 1. The Morgan fingerprint density at radius 1 is 1.40 bits per heavy atom. The van der Waals surface area contributed by atoms with E-state index in [1.165, 1.54) is 0 Å². The van der Waals surface area contributed by atoms with E-state index in [9.17, 15) is 9.90 Å². The number of fused-ring (bicyclic) bond motifs is 1. The molecule has 1 unspecified atom stereocenters. The van der Waals surface area contributed by atoms with Crippen LogP contribution in [0.1, 0.15) is 51.3 Å². The molecule has 1 N–H and O–H groups in total. The normalized spacial score (nSPS) is 16.6. The molecule has 1 atom stereocenters. The van der Waals surface area contributed by atoms with E-state index in [2.05, 4.69) is 0 Å². The quantitative estimate of drug-likeness (QED) is 0.855. The molecule has 0 saturated carbocycles. The Morgan fingerprint density at radius 3 is 2.70 bits per heavy atom. The van der Waals surface area contributed by atoms with Gasteiger partial charge >= 0.3 is 6.09 Å². The van der Waals surface area contributed by atoms with Crippen LogP contribution in [0.5, 0.6) is 0 Å². The lowest BCUT2D eigenvalue weighted by atomic mass is 9.98. The van der Waals surface area contributed by atoms with Gasteiger partial charge < -0.3 is 9.84 Å². The lowest BCUT2D eigenvalue weighted by Crippen LogP contribution is -2.39. The maximum Gasteiger partial charge on any atom is 0.414 e. The van der Waals surface area contributed by atoms with Gasteiger partial charge in [-0.25, -0.2) is 4.79 Å². The minimum atomic E-state index is -0.539. The molecule has 0 fully saturated rings. The number of benzene rings is 1. The molecule has 0 aromatic heterocycles. The second-order valence-electron chi connectivity index (χ2n) is 6.30. The van der Waals surface area contributed by atoms with Crippen molar-refractivity contribution in [2.45, 2.75) is 52.2 Å². The van der Waals surface area contributed by atoms with Crippen molar-refractivity contribution in [2.75, 3.05) is 11.4 Å². The summed E-state index contributed by atoms with van der Waals surface area (Å²) >= 11 is 0. The molecule has 4 nitrogen and oxygen atoms in total. The van der Waals surface area contributed by atoms with Crippen LogP contribution in [0, 0.1) is 0 Å². The van der Waals surface area contributed by atoms with E-state index in [1.54, 1.807) is 11.8 Å². The topological polar surface area (TPSA) is 49.8 Å². The Labute approximate surface area is 120 Å². The number of carbonyl (C=O) groups excluding carboxylic acids is 1. The molecular weight excluding hydrogens is 254 g/mol. The van der Waals surface area contributed by atoms with Crippen molar-refractivity contribution in [3.8, 4) is 0 Å². The number of aliphatic hydroxyl groups is 1. The molecule has 0 saturated heterocycles. The highest BCUT2D eigenvalue weighted by molar-refractivity contribution is 5.89. The van der Waals surface area contributed by atoms with Gasteiger partial charge in [0.1, 0.15) is 5.60 Å². The molecule has 2 rings (SSSR count). The third kappa shape index (κ3) is 3.31. The molecule has 1 aliphatic heterocycles. The summed E-state index contributed by atoms with van der Waals surface area (Å²) in [5.41, 5.74) is 2.31. The first-order valence-electron chi connectivity index (χ1n) is 7.09. The first-order valence-corrected chi connectivity index (χ1v) is 7.09. The van der Waals surface area contributed by atoms with Crippen molar-refractivity contribution in [1.82, 2.24) is 0 Å². The molecule has 1 aromatic carbocycles. The highest BCUT2D eigenvalue weighted by Crippen LogP contribution is 2.31. The highest BCUT2D eigenvalue weighted by atomic mass is 16.6. The van der Waals surface area contributed by atoms with Gasteiger partial charge in [0, 0.05) is 6.54 Å². The fourth-order valence-electron chi connectivity index (χ4n) is 2.36. The lowest BCUT2D eigenvalue weighted by molar-refractivity contribution is 0.0577. The van der Waals surface area contributed by atoms with E-state index in [1.807, 2.05) is 39.0 Å². The summed E-state index contributed by atoms with van der Waals surface area (Å²) in [7, 11) is 0. The summed E-state index contributed by atoms with van der Waals surface area (Å²) < 4.78 is 5.46. The lowest BCUT2D eigenvalue weighted by Gasteiger charge is -2.32. The van der Waals surface area contributed by atoms with Crippen LogP contribution in [0.25, 0.3) is 0 Å². The van der Waals surface area contributed by atoms with Gasteiger partial charge in [0.25, 0.3) is 0 Å². The van der Waals surface area contributed by atoms with Crippen molar-refractivity contribution in [2.24, 2.45) is 0 Å². The molecule has 110 valence electrons. The number of hydrogen-bond acceptors (Lipinski definition) is 3. The zero-order valence-corrected chi connectivity index (χ0v) is 12.6. The minimum Gasteiger partial charge on any atom is -0.443 e. The average Bonchev–Trinajstić information content (AvgIpc) is 2.35. The fourth-order valence-corrected chi connectivity index (χ4v) is 2.36. The fraction of sp³-hybridized carbons (Fsp3) is 0.562. The van der Waals surface area contributed by atoms with Gasteiger partial charge in [-0.05, 0) is 57.7 Å². The number of amides is 1. The SMILES string of the molecule is CC(O)c1ccc2c(c1)N(C(=O)OC(C)(C)C)CCC2. The first kappa shape index (κ1) is 14.9. The largest absolute Gasteiger partial charge is 0.443 e. The molecule has 0 radical (unpaired) electrons. The molecule has 0 bridgehead atoms. The average molecular weight is 277 g/mol. The predicted octanol–water partition coefficient (Wildman–Crippen LogP) is 3.43. The third-order valence-electron chi connectivity index (χ3n) is 3.32. The van der Waals surface area contributed by atoms with E-state index in [0.717, 1.165) is 29.7 Å². The van der Waals surface area contributed by atoms with Gasteiger partial charge in [-0.2, -0.15) is 0 Å². The van der Waals surface area contributed by atoms with Crippen molar-refractivity contribution in [1.29, 1.82) is 0 Å². The smallest absolute Gasteiger partial charge is 0.414 e. The zero-order valence-electron chi connectivity index (χ0n) is 12.6. The molecular formula is C16H23NO3. The third-order valence-corrected chi connectivity index (χ3v) is 3.32. The standard InChI is InChI=1S/C16H23NO3/c1-11(18)13-8-7-12-6-5-9-17(14(12)10-13)15(19)20-16(2,3)4/h7-8,10-11,18H,5-6,9H2,1-4H3. The summed E-state index contributed by atoms with van der Waals surface area (Å²) in [6.07, 6.45) is 1.03. The van der Waals surface area contributed by atoms with E-state index in [4.69, 9.17) is 4.74 Å². The summed E-state index contributed by atoms with van der Waals surface area (Å²) in [6, 6.07) is 5.80. The minimum absolute atomic E-state index is 0.318. The zero-order chi connectivity index (χ0) is 14.9. The van der Waals surface area contributed by atoms with Crippen molar-refractivity contribution >= 4 is 11.8 Å². The molecule has 1 aliphatic rings. The predicted molar refractivity (Wildman–Crippen MR) is 79.0 cm³/mol. The Bertz CT molecular complexity index is 503. The van der Waals surface area contributed by atoms with Gasteiger partial charge in [-0.3, -0.25) is 4.90 Å². The summed E-state index contributed by atoms with van der Waals surface area (Å²) in [6.45, 7) is 7.97. The van der Waals surface area contributed by atoms with E-state index >= 15 is 0 Å². The molecule has 1 aromatic rings. The number of ether oxygens (including phenoxy) is 1. The van der Waals surface area contributed by atoms with Crippen LogP contribution in [-0.2, 0) is 11.2 Å². The number of aryl methyl sites for hydroxylation is 1. The van der Waals surface area contributed by atoms with Crippen LogP contribution in [0.2, 0.25) is 0 Å². The van der Waals surface area contributed by atoms with Crippen molar-refractivity contribution in [3.63, 3.8) is 0 Å². The van der Waals surface area contributed by atoms with Crippen LogP contribution in [0.15, 0.2) is 18.2 Å². The van der Waals surface area contributed by atoms with Crippen LogP contribution < -0.4 is 4.90 Å². The second-order valence-corrected chi connectivity index (χ2v) is 6.30. The number of anilines is 1. The van der Waals surface area contributed by atoms with Gasteiger partial charge in [0.2, 0.25) is 0 Å². The second kappa shape index (κ2) is 5.44. The summed E-state index contributed by atoms with van der Waals surface area (Å²) in [4.78, 5) is 14.0. The Hall–Kier alpha value is -1.55. The molecule has 1 amide bonds. The van der Waals surface area contributed by atoms with Crippen LogP contribution >= 0.6 is 0 Å². The van der Waals surface area contributed by atoms with Crippen LogP contribution in [0.4, 0.5) is 10.5 Å². The number of nitrogens with zero attached hydrogens (tertiary/aromatic N) is 1. The Balaban J connectivity index is 2.31. The molecule has 1 heterocycles. The summed E-state index contributed by atoms with van der Waals surface area (Å²) in [5.74, 6) is 0. The molecule has 20 heavy (non-hydrogen) atoms. The summed E-state index contributed by atoms with van der Waals surface area (Å²) in [5, 5.41) is 9.70. The number of aliphatic hydroxyl groups excluding tert-OH is 1. The van der Waals surface area contributed by atoms with Gasteiger partial charge in [0.15, 0.2) is 0 Å². The maximum atomic E-state index is 12.3.